The van der Waals surface area contributed by atoms with Crippen LogP contribution in [0.3, 0.4) is 0 Å². The number of methoxy groups -OCH3 is 1. The first-order valence-corrected chi connectivity index (χ1v) is 8.56. The van der Waals surface area contributed by atoms with Crippen molar-refractivity contribution in [3.63, 3.8) is 0 Å². The van der Waals surface area contributed by atoms with Gasteiger partial charge in [-0.05, 0) is 31.9 Å². The molecule has 23 heavy (non-hydrogen) atoms. The maximum atomic E-state index is 8.93. The monoisotopic (exact) mass is 333 g/mol. The molecule has 0 atom stereocenters. The van der Waals surface area contributed by atoms with Crippen molar-refractivity contribution in [3.8, 4) is 6.07 Å². The molecule has 0 bridgehead atoms. The molecule has 0 spiro atoms. The third-order valence-electron chi connectivity index (χ3n) is 2.90. The number of nitrogens with zero attached hydrogens (tertiary/aromatic N) is 3. The van der Waals surface area contributed by atoms with Crippen LogP contribution in [0.15, 0.2) is 46.8 Å². The standard InChI is InChI=1S/C16H21N3OS.C2H6/c1-5-7-15(13(3)20-4)12-19(6-2)21-16-8-14(9-17)10-18-11-16;1-2/h5,7-8,10-11H,6,12H2,1-4H3;1-2H3/b7-5-,15-13-;. The van der Waals surface area contributed by atoms with Gasteiger partial charge in [0, 0.05) is 36.0 Å². The predicted octanol–water partition coefficient (Wildman–Crippen LogP) is 4.80. The van der Waals surface area contributed by atoms with Crippen LogP contribution in [0.4, 0.5) is 0 Å². The number of ether oxygens (including phenoxy) is 1. The molecule has 0 saturated heterocycles. The molecule has 1 heterocycles. The number of nitriles is 1. The van der Waals surface area contributed by atoms with Crippen LogP contribution in [-0.4, -0.2) is 29.5 Å². The third-order valence-corrected chi connectivity index (χ3v) is 3.98. The molecule has 0 saturated carbocycles. The number of pyridine rings is 1. The quantitative estimate of drug-likeness (QED) is 0.407. The van der Waals surface area contributed by atoms with E-state index in [-0.39, 0.29) is 0 Å². The van der Waals surface area contributed by atoms with Crippen LogP contribution in [0.1, 0.15) is 40.2 Å². The van der Waals surface area contributed by atoms with Crippen LogP contribution in [0.2, 0.25) is 0 Å². The summed E-state index contributed by atoms with van der Waals surface area (Å²) < 4.78 is 7.54. The zero-order valence-corrected chi connectivity index (χ0v) is 15.8. The van der Waals surface area contributed by atoms with Crippen molar-refractivity contribution in [2.24, 2.45) is 0 Å². The first-order valence-electron chi connectivity index (χ1n) is 7.79. The van der Waals surface area contributed by atoms with Crippen molar-refractivity contribution >= 4 is 11.9 Å². The molecule has 0 amide bonds. The molecule has 0 radical (unpaired) electrons. The number of aromatic nitrogens is 1. The summed E-state index contributed by atoms with van der Waals surface area (Å²) in [6, 6.07) is 3.96. The molecule has 1 rings (SSSR count). The minimum Gasteiger partial charge on any atom is -0.501 e. The van der Waals surface area contributed by atoms with Gasteiger partial charge < -0.3 is 4.74 Å². The number of allylic oxidation sites excluding steroid dienone is 2. The highest BCUT2D eigenvalue weighted by Gasteiger charge is 2.10. The summed E-state index contributed by atoms with van der Waals surface area (Å²) in [5.41, 5.74) is 1.71. The first kappa shape index (κ1) is 21.2. The van der Waals surface area contributed by atoms with Crippen molar-refractivity contribution in [2.45, 2.75) is 39.5 Å². The molecule has 0 unspecified atom stereocenters. The summed E-state index contributed by atoms with van der Waals surface area (Å²) >= 11 is 1.60. The van der Waals surface area contributed by atoms with E-state index in [4.69, 9.17) is 10.00 Å². The van der Waals surface area contributed by atoms with E-state index in [1.165, 1.54) is 0 Å². The second kappa shape index (κ2) is 12.7. The zero-order chi connectivity index (χ0) is 17.7. The lowest BCUT2D eigenvalue weighted by Crippen LogP contribution is -2.18. The highest BCUT2D eigenvalue weighted by molar-refractivity contribution is 7.97. The maximum absolute atomic E-state index is 8.93. The van der Waals surface area contributed by atoms with Crippen LogP contribution in [0.25, 0.3) is 0 Å². The van der Waals surface area contributed by atoms with Crippen LogP contribution >= 0.6 is 11.9 Å². The Hall–Kier alpha value is -1.77. The molecule has 0 aromatic carbocycles. The lowest BCUT2D eigenvalue weighted by molar-refractivity contribution is 0.287. The molecule has 0 aliphatic rings. The molecule has 0 fully saturated rings. The fraction of sp³-hybridized carbons (Fsp3) is 0.444. The number of hydrogen-bond donors (Lipinski definition) is 0. The lowest BCUT2D eigenvalue weighted by Gasteiger charge is -2.20. The van der Waals surface area contributed by atoms with Gasteiger partial charge in [-0.25, -0.2) is 4.31 Å². The second-order valence-electron chi connectivity index (χ2n) is 4.35. The molecule has 4 nitrogen and oxygen atoms in total. The Labute approximate surface area is 145 Å². The van der Waals surface area contributed by atoms with E-state index in [2.05, 4.69) is 28.4 Å². The highest BCUT2D eigenvalue weighted by Crippen LogP contribution is 2.24. The van der Waals surface area contributed by atoms with Crippen LogP contribution in [-0.2, 0) is 4.74 Å². The van der Waals surface area contributed by atoms with E-state index in [1.807, 2.05) is 39.8 Å². The molecule has 126 valence electrons. The van der Waals surface area contributed by atoms with E-state index in [0.717, 1.165) is 29.3 Å². The lowest BCUT2D eigenvalue weighted by atomic mass is 10.2. The molecule has 5 heteroatoms. The fourth-order valence-electron chi connectivity index (χ4n) is 1.69. The Balaban J connectivity index is 0.00000232. The van der Waals surface area contributed by atoms with Crippen molar-refractivity contribution < 1.29 is 4.74 Å². The summed E-state index contributed by atoms with van der Waals surface area (Å²) in [7, 11) is 1.68. The fourth-order valence-corrected chi connectivity index (χ4v) is 2.61. The Bertz CT molecular complexity index is 562. The van der Waals surface area contributed by atoms with E-state index in [0.29, 0.717) is 5.56 Å². The van der Waals surface area contributed by atoms with E-state index in [9.17, 15) is 0 Å². The summed E-state index contributed by atoms with van der Waals surface area (Å²) in [5.74, 6) is 0.913. The Morgan fingerprint density at radius 2 is 2.13 bits per heavy atom. The topological polar surface area (TPSA) is 49.2 Å². The maximum Gasteiger partial charge on any atom is 0.101 e. The van der Waals surface area contributed by atoms with Crippen molar-refractivity contribution in [3.05, 3.63) is 47.5 Å². The van der Waals surface area contributed by atoms with Gasteiger partial charge in [0.2, 0.25) is 0 Å². The number of likely N-dealkylation sites (N-methyl/N-ethyl adjacent to an activating group) is 1. The molecule has 0 N–H and O–H groups in total. The smallest absolute Gasteiger partial charge is 0.101 e. The third kappa shape index (κ3) is 7.87. The number of rotatable bonds is 7. The predicted molar refractivity (Wildman–Crippen MR) is 97.9 cm³/mol. The Morgan fingerprint density at radius 3 is 2.65 bits per heavy atom. The summed E-state index contributed by atoms with van der Waals surface area (Å²) in [6.07, 6.45) is 7.41. The molecular formula is C18H27N3OS. The molecule has 1 aromatic heterocycles. The van der Waals surface area contributed by atoms with Crippen molar-refractivity contribution in [2.75, 3.05) is 20.2 Å². The zero-order valence-electron chi connectivity index (χ0n) is 15.0. The average Bonchev–Trinajstić information content (AvgIpc) is 2.61. The van der Waals surface area contributed by atoms with Gasteiger partial charge in [-0.1, -0.05) is 32.9 Å². The minimum atomic E-state index is 0.577. The van der Waals surface area contributed by atoms with E-state index in [1.54, 1.807) is 31.5 Å². The van der Waals surface area contributed by atoms with E-state index < -0.39 is 0 Å². The van der Waals surface area contributed by atoms with E-state index >= 15 is 0 Å². The second-order valence-corrected chi connectivity index (χ2v) is 5.52. The van der Waals surface area contributed by atoms with Gasteiger partial charge in [0.1, 0.15) is 6.07 Å². The Morgan fingerprint density at radius 1 is 1.43 bits per heavy atom. The van der Waals surface area contributed by atoms with Crippen LogP contribution < -0.4 is 0 Å². The highest BCUT2D eigenvalue weighted by atomic mass is 32.2. The summed E-state index contributed by atoms with van der Waals surface area (Å²) in [4.78, 5) is 5.05. The van der Waals surface area contributed by atoms with Gasteiger partial charge >= 0.3 is 0 Å². The van der Waals surface area contributed by atoms with Gasteiger partial charge in [0.05, 0.1) is 18.4 Å². The summed E-state index contributed by atoms with van der Waals surface area (Å²) in [6.45, 7) is 11.7. The van der Waals surface area contributed by atoms with Crippen LogP contribution in [0, 0.1) is 11.3 Å². The van der Waals surface area contributed by atoms with Crippen LogP contribution in [0.5, 0.6) is 0 Å². The SMILES string of the molecule is C/C=C\C(CN(CC)Sc1cncc(C#N)c1)=C(/C)OC.CC. The van der Waals surface area contributed by atoms with Crippen molar-refractivity contribution in [1.29, 1.82) is 5.26 Å². The molecule has 0 aliphatic heterocycles. The normalized spacial score (nSPS) is 11.6. The Kier molecular flexibility index (Phi) is 11.8. The van der Waals surface area contributed by atoms with Gasteiger partial charge in [-0.3, -0.25) is 4.98 Å². The van der Waals surface area contributed by atoms with Gasteiger partial charge in [0.25, 0.3) is 0 Å². The number of hydrogen-bond acceptors (Lipinski definition) is 5. The molecule has 1 aromatic rings. The molecule has 0 aliphatic carbocycles. The average molecular weight is 334 g/mol. The molecular weight excluding hydrogens is 306 g/mol. The van der Waals surface area contributed by atoms with Gasteiger partial charge in [-0.2, -0.15) is 5.26 Å². The summed E-state index contributed by atoms with van der Waals surface area (Å²) in [5, 5.41) is 8.93. The first-order chi connectivity index (χ1) is 11.1. The van der Waals surface area contributed by atoms with Gasteiger partial charge in [0.15, 0.2) is 0 Å². The minimum absolute atomic E-state index is 0.577. The van der Waals surface area contributed by atoms with Crippen molar-refractivity contribution in [1.82, 2.24) is 9.29 Å². The largest absolute Gasteiger partial charge is 0.501 e. The van der Waals surface area contributed by atoms with Gasteiger partial charge in [-0.15, -0.1) is 0 Å².